The second kappa shape index (κ2) is 7.02. The molecular formula is C18H20FNO. The van der Waals surface area contributed by atoms with E-state index in [1.54, 1.807) is 12.1 Å². The summed E-state index contributed by atoms with van der Waals surface area (Å²) in [5.74, 6) is 0.146. The van der Waals surface area contributed by atoms with E-state index in [1.165, 1.54) is 18.6 Å². The third-order valence-corrected chi connectivity index (χ3v) is 3.62. The van der Waals surface area contributed by atoms with Crippen molar-refractivity contribution in [1.82, 2.24) is 5.32 Å². The molecule has 2 nitrogen and oxygen atoms in total. The van der Waals surface area contributed by atoms with E-state index in [1.807, 2.05) is 30.3 Å². The van der Waals surface area contributed by atoms with Crippen molar-refractivity contribution in [3.8, 4) is 11.1 Å². The number of hydrogen-bond donors (Lipinski definition) is 1. The average molecular weight is 285 g/mol. The fourth-order valence-electron chi connectivity index (χ4n) is 2.32. The zero-order valence-corrected chi connectivity index (χ0v) is 12.4. The first-order valence-electron chi connectivity index (χ1n) is 7.17. The predicted molar refractivity (Wildman–Crippen MR) is 83.6 cm³/mol. The lowest BCUT2D eigenvalue weighted by atomic mass is 9.95. The van der Waals surface area contributed by atoms with Crippen molar-refractivity contribution < 1.29 is 9.18 Å². The van der Waals surface area contributed by atoms with Crippen LogP contribution in [0.5, 0.6) is 0 Å². The normalized spacial score (nSPS) is 12.0. The molecule has 0 aromatic heterocycles. The molecule has 0 spiro atoms. The van der Waals surface area contributed by atoms with Crippen LogP contribution in [0.3, 0.4) is 0 Å². The van der Waals surface area contributed by atoms with E-state index >= 15 is 0 Å². The predicted octanol–water partition coefficient (Wildman–Crippen LogP) is 4.12. The maximum atomic E-state index is 13.7. The van der Waals surface area contributed by atoms with E-state index in [9.17, 15) is 9.18 Å². The molecule has 0 saturated carbocycles. The minimum Gasteiger partial charge on any atom is -0.356 e. The first-order chi connectivity index (χ1) is 10.1. The summed E-state index contributed by atoms with van der Waals surface area (Å²) in [4.78, 5) is 10.8. The minimum atomic E-state index is -0.205. The Morgan fingerprint density at radius 1 is 1.14 bits per heavy atom. The second-order valence-corrected chi connectivity index (χ2v) is 5.27. The molecule has 1 unspecified atom stereocenters. The molecule has 0 bridgehead atoms. The quantitative estimate of drug-likeness (QED) is 0.879. The molecule has 21 heavy (non-hydrogen) atoms. The van der Waals surface area contributed by atoms with Crippen molar-refractivity contribution in [3.05, 3.63) is 59.9 Å². The molecule has 0 aliphatic rings. The highest BCUT2D eigenvalue weighted by Crippen LogP contribution is 2.25. The highest BCUT2D eigenvalue weighted by molar-refractivity contribution is 5.72. The molecule has 1 N–H and O–H groups in total. The molecule has 2 aromatic carbocycles. The van der Waals surface area contributed by atoms with Gasteiger partial charge >= 0.3 is 0 Å². The van der Waals surface area contributed by atoms with Gasteiger partial charge in [-0.2, -0.15) is 0 Å². The third-order valence-electron chi connectivity index (χ3n) is 3.62. The Morgan fingerprint density at radius 3 is 2.43 bits per heavy atom. The van der Waals surface area contributed by atoms with E-state index in [2.05, 4.69) is 12.2 Å². The zero-order valence-electron chi connectivity index (χ0n) is 12.4. The standard InChI is InChI=1S/C18H20FNO/c1-13(11-12-20-14(2)21)15-7-9-16(10-8-15)17-5-3-4-6-18(17)19/h3-10,13H,11-12H2,1-2H3,(H,20,21). The monoisotopic (exact) mass is 285 g/mol. The maximum Gasteiger partial charge on any atom is 0.216 e. The van der Waals surface area contributed by atoms with Gasteiger partial charge in [-0.15, -0.1) is 0 Å². The number of halogens is 1. The van der Waals surface area contributed by atoms with Crippen LogP contribution in [-0.4, -0.2) is 12.5 Å². The Kier molecular flexibility index (Phi) is 5.09. The maximum absolute atomic E-state index is 13.7. The number of amides is 1. The Hall–Kier alpha value is -2.16. The largest absolute Gasteiger partial charge is 0.356 e. The molecule has 2 rings (SSSR count). The van der Waals surface area contributed by atoms with Crippen LogP contribution in [0.25, 0.3) is 11.1 Å². The van der Waals surface area contributed by atoms with Gasteiger partial charge in [-0.3, -0.25) is 4.79 Å². The van der Waals surface area contributed by atoms with Gasteiger partial charge in [0.2, 0.25) is 5.91 Å². The lowest BCUT2D eigenvalue weighted by Crippen LogP contribution is -2.22. The molecule has 1 amide bonds. The molecule has 0 aliphatic carbocycles. The molecule has 0 aliphatic heterocycles. The van der Waals surface area contributed by atoms with Crippen molar-refractivity contribution in [3.63, 3.8) is 0 Å². The van der Waals surface area contributed by atoms with Crippen molar-refractivity contribution >= 4 is 5.91 Å². The van der Waals surface area contributed by atoms with E-state index < -0.39 is 0 Å². The fourth-order valence-corrected chi connectivity index (χ4v) is 2.32. The number of carbonyl (C=O) groups is 1. The fraction of sp³-hybridized carbons (Fsp3) is 0.278. The van der Waals surface area contributed by atoms with Crippen LogP contribution in [0.2, 0.25) is 0 Å². The van der Waals surface area contributed by atoms with Crippen LogP contribution in [0.15, 0.2) is 48.5 Å². The van der Waals surface area contributed by atoms with Crippen LogP contribution in [0.4, 0.5) is 4.39 Å². The highest BCUT2D eigenvalue weighted by Gasteiger charge is 2.08. The molecule has 1 atom stereocenters. The van der Waals surface area contributed by atoms with Crippen molar-refractivity contribution in [2.45, 2.75) is 26.2 Å². The van der Waals surface area contributed by atoms with Gasteiger partial charge in [0.1, 0.15) is 5.82 Å². The molecule has 3 heteroatoms. The van der Waals surface area contributed by atoms with Gasteiger partial charge < -0.3 is 5.32 Å². The third kappa shape index (κ3) is 4.15. The van der Waals surface area contributed by atoms with Gasteiger partial charge in [0.05, 0.1) is 0 Å². The Bertz CT molecular complexity index is 607. The van der Waals surface area contributed by atoms with Crippen LogP contribution in [-0.2, 0) is 4.79 Å². The summed E-state index contributed by atoms with van der Waals surface area (Å²) in [6, 6.07) is 14.7. The van der Waals surface area contributed by atoms with Crippen LogP contribution in [0.1, 0.15) is 31.7 Å². The summed E-state index contributed by atoms with van der Waals surface area (Å²) in [7, 11) is 0. The summed E-state index contributed by atoms with van der Waals surface area (Å²) >= 11 is 0. The molecule has 0 fully saturated rings. The summed E-state index contributed by atoms with van der Waals surface area (Å²) < 4.78 is 13.7. The van der Waals surface area contributed by atoms with Crippen molar-refractivity contribution in [1.29, 1.82) is 0 Å². The van der Waals surface area contributed by atoms with Crippen molar-refractivity contribution in [2.24, 2.45) is 0 Å². The van der Waals surface area contributed by atoms with E-state index in [4.69, 9.17) is 0 Å². The van der Waals surface area contributed by atoms with Crippen LogP contribution in [0, 0.1) is 5.82 Å². The molecule has 0 heterocycles. The first-order valence-corrected chi connectivity index (χ1v) is 7.17. The Morgan fingerprint density at radius 2 is 1.81 bits per heavy atom. The van der Waals surface area contributed by atoms with Crippen molar-refractivity contribution in [2.75, 3.05) is 6.54 Å². The van der Waals surface area contributed by atoms with Gasteiger partial charge in [0, 0.05) is 19.0 Å². The molecule has 0 radical (unpaired) electrons. The number of benzene rings is 2. The number of nitrogens with one attached hydrogen (secondary N) is 1. The van der Waals surface area contributed by atoms with E-state index in [-0.39, 0.29) is 11.7 Å². The molecule has 110 valence electrons. The van der Waals surface area contributed by atoms with E-state index in [0.29, 0.717) is 18.0 Å². The van der Waals surface area contributed by atoms with Gasteiger partial charge in [-0.1, -0.05) is 49.4 Å². The van der Waals surface area contributed by atoms with Crippen LogP contribution >= 0.6 is 0 Å². The number of carbonyl (C=O) groups excluding carboxylic acids is 1. The molecule has 2 aromatic rings. The summed E-state index contributed by atoms with van der Waals surface area (Å²) in [5, 5.41) is 2.80. The average Bonchev–Trinajstić information content (AvgIpc) is 2.47. The second-order valence-electron chi connectivity index (χ2n) is 5.27. The number of hydrogen-bond acceptors (Lipinski definition) is 1. The van der Waals surface area contributed by atoms with E-state index in [0.717, 1.165) is 12.0 Å². The Balaban J connectivity index is 2.05. The van der Waals surface area contributed by atoms with Crippen LogP contribution < -0.4 is 5.32 Å². The smallest absolute Gasteiger partial charge is 0.216 e. The zero-order chi connectivity index (χ0) is 15.2. The molecule has 0 saturated heterocycles. The summed E-state index contributed by atoms with van der Waals surface area (Å²) in [5.41, 5.74) is 2.70. The lowest BCUT2D eigenvalue weighted by molar-refractivity contribution is -0.118. The lowest BCUT2D eigenvalue weighted by Gasteiger charge is -2.13. The highest BCUT2D eigenvalue weighted by atomic mass is 19.1. The summed E-state index contributed by atoms with van der Waals surface area (Å²) in [6.45, 7) is 4.32. The SMILES string of the molecule is CC(=O)NCCC(C)c1ccc(-c2ccccc2F)cc1. The Labute approximate surface area is 125 Å². The van der Waals surface area contributed by atoms with Gasteiger partial charge in [0.25, 0.3) is 0 Å². The topological polar surface area (TPSA) is 29.1 Å². The summed E-state index contributed by atoms with van der Waals surface area (Å²) in [6.07, 6.45) is 0.888. The first kappa shape index (κ1) is 15.2. The molecular weight excluding hydrogens is 265 g/mol. The minimum absolute atomic E-state index is 0.00268. The van der Waals surface area contributed by atoms with Gasteiger partial charge in [-0.05, 0) is 29.5 Å². The van der Waals surface area contributed by atoms with Gasteiger partial charge in [0.15, 0.2) is 0 Å². The van der Waals surface area contributed by atoms with Gasteiger partial charge in [-0.25, -0.2) is 4.39 Å². The number of rotatable bonds is 5.